The number of hydrogen-bond donors (Lipinski definition) is 1. The minimum absolute atomic E-state index is 0.349. The number of nitrogens with two attached hydrogens (primary N) is 1. The highest BCUT2D eigenvalue weighted by atomic mass is 16.5. The number of carbonyl (C=O) groups is 1. The number of aryl methyl sites for hydroxylation is 1. The zero-order valence-electron chi connectivity index (χ0n) is 8.66. The summed E-state index contributed by atoms with van der Waals surface area (Å²) in [4.78, 5) is 15.7. The molecule has 0 spiro atoms. The fourth-order valence-electron chi connectivity index (χ4n) is 1.71. The van der Waals surface area contributed by atoms with Crippen molar-refractivity contribution in [3.05, 3.63) is 16.8 Å². The largest absolute Gasteiger partial charge is 0.477 e. The van der Waals surface area contributed by atoms with Crippen LogP contribution in [0.5, 0.6) is 5.88 Å². The molecule has 5 nitrogen and oxygen atoms in total. The Morgan fingerprint density at radius 3 is 3.00 bits per heavy atom. The van der Waals surface area contributed by atoms with Gasteiger partial charge >= 0.3 is 5.97 Å². The van der Waals surface area contributed by atoms with Crippen molar-refractivity contribution in [2.75, 3.05) is 19.5 Å². The van der Waals surface area contributed by atoms with Gasteiger partial charge in [0.15, 0.2) is 0 Å². The van der Waals surface area contributed by atoms with Gasteiger partial charge in [-0.15, -0.1) is 0 Å². The third kappa shape index (κ3) is 1.40. The second-order valence-corrected chi connectivity index (χ2v) is 3.36. The summed E-state index contributed by atoms with van der Waals surface area (Å²) in [6.45, 7) is 2.28. The molecule has 0 amide bonds. The predicted octanol–water partition coefficient (Wildman–Crippen LogP) is 0.694. The Kier molecular flexibility index (Phi) is 2.22. The molecule has 0 atom stereocenters. The molecule has 2 heterocycles. The molecule has 0 aliphatic carbocycles. The molecule has 0 bridgehead atoms. The number of rotatable bonds is 1. The summed E-state index contributed by atoms with van der Waals surface area (Å²) in [6, 6.07) is 0. The van der Waals surface area contributed by atoms with Crippen LogP contribution in [-0.2, 0) is 11.2 Å². The van der Waals surface area contributed by atoms with E-state index in [2.05, 4.69) is 9.72 Å². The second kappa shape index (κ2) is 3.42. The van der Waals surface area contributed by atoms with Gasteiger partial charge in [0, 0.05) is 12.0 Å². The lowest BCUT2D eigenvalue weighted by molar-refractivity contribution is 0.0600. The molecule has 0 saturated heterocycles. The molecule has 0 aromatic carbocycles. The van der Waals surface area contributed by atoms with Gasteiger partial charge in [0.1, 0.15) is 5.56 Å². The van der Waals surface area contributed by atoms with Gasteiger partial charge in [-0.05, 0) is 6.92 Å². The number of ether oxygens (including phenoxy) is 2. The van der Waals surface area contributed by atoms with Gasteiger partial charge in [0.25, 0.3) is 0 Å². The van der Waals surface area contributed by atoms with Crippen LogP contribution in [0.2, 0.25) is 0 Å². The van der Waals surface area contributed by atoms with Crippen molar-refractivity contribution >= 4 is 11.7 Å². The maximum Gasteiger partial charge on any atom is 0.341 e. The summed E-state index contributed by atoms with van der Waals surface area (Å²) in [5, 5.41) is 0. The number of esters is 1. The van der Waals surface area contributed by atoms with E-state index in [1.165, 1.54) is 7.11 Å². The number of hydrogen-bond acceptors (Lipinski definition) is 5. The standard InChI is InChI=1S/C10H12N2O3/c1-5-7(10(13)14-2)8(11)6-3-4-15-9(6)12-5/h3-4H2,1-2H3,(H2,11,12). The summed E-state index contributed by atoms with van der Waals surface area (Å²) in [7, 11) is 1.32. The van der Waals surface area contributed by atoms with E-state index in [9.17, 15) is 4.79 Å². The minimum atomic E-state index is -0.452. The van der Waals surface area contributed by atoms with Gasteiger partial charge in [0.05, 0.1) is 25.1 Å². The molecule has 5 heteroatoms. The van der Waals surface area contributed by atoms with E-state index in [4.69, 9.17) is 10.5 Å². The van der Waals surface area contributed by atoms with E-state index in [1.807, 2.05) is 0 Å². The second-order valence-electron chi connectivity index (χ2n) is 3.36. The summed E-state index contributed by atoms with van der Waals surface area (Å²) in [5.41, 5.74) is 8.02. The van der Waals surface area contributed by atoms with Crippen molar-refractivity contribution < 1.29 is 14.3 Å². The normalized spacial score (nSPS) is 13.2. The molecule has 2 rings (SSSR count). The first-order chi connectivity index (χ1) is 7.15. The Morgan fingerprint density at radius 1 is 1.60 bits per heavy atom. The third-order valence-corrected chi connectivity index (χ3v) is 2.46. The Labute approximate surface area is 87.2 Å². The molecule has 0 radical (unpaired) electrons. The first-order valence-electron chi connectivity index (χ1n) is 4.65. The summed E-state index contributed by atoms with van der Waals surface area (Å²) in [6.07, 6.45) is 0.693. The van der Waals surface area contributed by atoms with Crippen molar-refractivity contribution in [3.63, 3.8) is 0 Å². The average Bonchev–Trinajstić information content (AvgIpc) is 2.65. The van der Waals surface area contributed by atoms with Gasteiger partial charge in [-0.1, -0.05) is 0 Å². The van der Waals surface area contributed by atoms with E-state index in [-0.39, 0.29) is 0 Å². The third-order valence-electron chi connectivity index (χ3n) is 2.46. The van der Waals surface area contributed by atoms with E-state index < -0.39 is 5.97 Å². The summed E-state index contributed by atoms with van der Waals surface area (Å²) in [5.74, 6) is 0.0878. The molecular formula is C10H12N2O3. The Morgan fingerprint density at radius 2 is 2.33 bits per heavy atom. The van der Waals surface area contributed by atoms with Crippen LogP contribution in [0.15, 0.2) is 0 Å². The van der Waals surface area contributed by atoms with Crippen molar-refractivity contribution in [1.29, 1.82) is 0 Å². The number of nitrogen functional groups attached to an aromatic ring is 1. The van der Waals surface area contributed by atoms with Crippen molar-refractivity contribution in [2.24, 2.45) is 0 Å². The smallest absolute Gasteiger partial charge is 0.341 e. The van der Waals surface area contributed by atoms with E-state index >= 15 is 0 Å². The molecule has 1 aromatic heterocycles. The predicted molar refractivity (Wildman–Crippen MR) is 53.9 cm³/mol. The lowest BCUT2D eigenvalue weighted by atomic mass is 10.1. The Balaban J connectivity index is 2.61. The molecule has 15 heavy (non-hydrogen) atoms. The molecule has 0 unspecified atom stereocenters. The Bertz CT molecular complexity index is 429. The van der Waals surface area contributed by atoms with E-state index in [0.717, 1.165) is 5.56 Å². The molecular weight excluding hydrogens is 196 g/mol. The molecule has 1 aliphatic rings. The average molecular weight is 208 g/mol. The van der Waals surface area contributed by atoms with Crippen LogP contribution in [0, 0.1) is 6.92 Å². The maximum absolute atomic E-state index is 11.5. The number of pyridine rings is 1. The van der Waals surface area contributed by atoms with Crippen LogP contribution >= 0.6 is 0 Å². The van der Waals surface area contributed by atoms with Crippen LogP contribution in [0.4, 0.5) is 5.69 Å². The number of nitrogens with zero attached hydrogens (tertiary/aromatic N) is 1. The van der Waals surface area contributed by atoms with Crippen LogP contribution < -0.4 is 10.5 Å². The number of anilines is 1. The maximum atomic E-state index is 11.5. The van der Waals surface area contributed by atoms with Gasteiger partial charge in [-0.2, -0.15) is 0 Å². The molecule has 1 aliphatic heterocycles. The first-order valence-corrected chi connectivity index (χ1v) is 4.65. The highest BCUT2D eigenvalue weighted by molar-refractivity contribution is 5.97. The topological polar surface area (TPSA) is 74.4 Å². The molecule has 80 valence electrons. The molecule has 0 fully saturated rings. The van der Waals surface area contributed by atoms with Gasteiger partial charge in [-0.25, -0.2) is 9.78 Å². The lowest BCUT2D eigenvalue weighted by Crippen LogP contribution is -2.11. The molecule has 2 N–H and O–H groups in total. The fourth-order valence-corrected chi connectivity index (χ4v) is 1.71. The number of aromatic nitrogens is 1. The summed E-state index contributed by atoms with van der Waals surface area (Å²) >= 11 is 0. The highest BCUT2D eigenvalue weighted by Gasteiger charge is 2.24. The lowest BCUT2D eigenvalue weighted by Gasteiger charge is -2.09. The van der Waals surface area contributed by atoms with E-state index in [1.54, 1.807) is 6.92 Å². The van der Waals surface area contributed by atoms with Crippen molar-refractivity contribution in [1.82, 2.24) is 4.98 Å². The van der Waals surface area contributed by atoms with Crippen LogP contribution in [0.3, 0.4) is 0 Å². The van der Waals surface area contributed by atoms with Crippen LogP contribution in [0.1, 0.15) is 21.6 Å². The van der Waals surface area contributed by atoms with Crippen molar-refractivity contribution in [2.45, 2.75) is 13.3 Å². The monoisotopic (exact) mass is 208 g/mol. The summed E-state index contributed by atoms with van der Waals surface area (Å²) < 4.78 is 9.94. The van der Waals surface area contributed by atoms with E-state index in [0.29, 0.717) is 35.9 Å². The first kappa shape index (κ1) is 9.76. The van der Waals surface area contributed by atoms with Gasteiger partial charge < -0.3 is 15.2 Å². The highest BCUT2D eigenvalue weighted by Crippen LogP contribution is 2.32. The van der Waals surface area contributed by atoms with Gasteiger partial charge in [-0.3, -0.25) is 0 Å². The molecule has 0 saturated carbocycles. The zero-order valence-corrected chi connectivity index (χ0v) is 8.66. The van der Waals surface area contributed by atoms with Crippen molar-refractivity contribution in [3.8, 4) is 5.88 Å². The number of carbonyl (C=O) groups excluding carboxylic acids is 1. The van der Waals surface area contributed by atoms with Gasteiger partial charge in [0.2, 0.25) is 5.88 Å². The number of fused-ring (bicyclic) bond motifs is 1. The molecule has 1 aromatic rings. The fraction of sp³-hybridized carbons (Fsp3) is 0.400. The zero-order chi connectivity index (χ0) is 11.0. The quantitative estimate of drug-likeness (QED) is 0.687. The SMILES string of the molecule is COC(=O)c1c(C)nc2c(c1N)CCO2. The Hall–Kier alpha value is -1.78. The minimum Gasteiger partial charge on any atom is -0.477 e. The number of methoxy groups -OCH3 is 1. The van der Waals surface area contributed by atoms with Crippen LogP contribution in [-0.4, -0.2) is 24.7 Å². The van der Waals surface area contributed by atoms with Crippen LogP contribution in [0.25, 0.3) is 0 Å².